The van der Waals surface area contributed by atoms with Gasteiger partial charge >= 0.3 is 0 Å². The fourth-order valence-corrected chi connectivity index (χ4v) is 4.22. The molecule has 162 valence electrons. The third-order valence-corrected chi connectivity index (χ3v) is 5.88. The highest BCUT2D eigenvalue weighted by Crippen LogP contribution is 2.38. The van der Waals surface area contributed by atoms with E-state index in [1.54, 1.807) is 0 Å². The van der Waals surface area contributed by atoms with Crippen molar-refractivity contribution in [2.45, 2.75) is 64.7 Å². The minimum Gasteiger partial charge on any atom is -0.460 e. The molecule has 0 unspecified atom stereocenters. The lowest BCUT2D eigenvalue weighted by molar-refractivity contribution is -0.112. The molecular weight excluding hydrogens is 399 g/mol. The maximum Gasteiger partial charge on any atom is 0.227 e. The molecule has 0 aliphatic carbocycles. The van der Waals surface area contributed by atoms with Crippen molar-refractivity contribution < 1.29 is 13.9 Å². The average Bonchev–Trinajstić information content (AvgIpc) is 2.72. The number of benzene rings is 2. The first-order valence-electron chi connectivity index (χ1n) is 10.5. The highest BCUT2D eigenvalue weighted by molar-refractivity contribution is 8.13. The second-order valence-electron chi connectivity index (χ2n) is 8.15. The van der Waals surface area contributed by atoms with Gasteiger partial charge in [0.15, 0.2) is 5.17 Å². The molecule has 2 N–H and O–H groups in total. The van der Waals surface area contributed by atoms with Gasteiger partial charge in [0, 0.05) is 28.5 Å². The van der Waals surface area contributed by atoms with E-state index >= 15 is 0 Å². The van der Waals surface area contributed by atoms with Crippen LogP contribution in [0.3, 0.4) is 0 Å². The van der Waals surface area contributed by atoms with E-state index in [2.05, 4.69) is 25.8 Å². The molecule has 0 bridgehead atoms. The second kappa shape index (κ2) is 10.8. The molecule has 2 aromatic carbocycles. The zero-order chi connectivity index (χ0) is 21.5. The molecular formula is C24H31FN2O2S. The van der Waals surface area contributed by atoms with E-state index in [0.717, 1.165) is 29.5 Å². The number of nitrogens with zero attached hydrogens (tertiary/aromatic N) is 1. The van der Waals surface area contributed by atoms with Gasteiger partial charge in [-0.05, 0) is 31.4 Å². The second-order valence-corrected chi connectivity index (χ2v) is 9.15. The Morgan fingerprint density at radius 3 is 2.70 bits per heavy atom. The van der Waals surface area contributed by atoms with Gasteiger partial charge in [-0.2, -0.15) is 0 Å². The molecule has 0 fully saturated rings. The molecule has 2 aromatic rings. The van der Waals surface area contributed by atoms with E-state index in [1.807, 2.05) is 30.3 Å². The van der Waals surface area contributed by atoms with Gasteiger partial charge in [0.25, 0.3) is 0 Å². The van der Waals surface area contributed by atoms with Gasteiger partial charge in [-0.3, -0.25) is 4.99 Å². The van der Waals surface area contributed by atoms with E-state index in [1.165, 1.54) is 30.3 Å². The van der Waals surface area contributed by atoms with Gasteiger partial charge in [-0.15, -0.1) is 0 Å². The number of ether oxygens (including phenoxy) is 2. The number of rotatable bonds is 8. The van der Waals surface area contributed by atoms with E-state index in [4.69, 9.17) is 15.2 Å². The molecule has 0 aromatic heterocycles. The molecule has 3 rings (SSSR count). The van der Waals surface area contributed by atoms with Crippen molar-refractivity contribution in [3.05, 3.63) is 65.0 Å². The van der Waals surface area contributed by atoms with Crippen LogP contribution in [0, 0.1) is 11.7 Å². The number of aliphatic imine (C=N–C) groups is 1. The van der Waals surface area contributed by atoms with Crippen LogP contribution in [0.4, 0.5) is 4.39 Å². The lowest BCUT2D eigenvalue weighted by Crippen LogP contribution is -2.19. The van der Waals surface area contributed by atoms with Crippen LogP contribution >= 0.6 is 11.8 Å². The predicted octanol–water partition coefficient (Wildman–Crippen LogP) is 6.20. The largest absolute Gasteiger partial charge is 0.460 e. The molecule has 2 atom stereocenters. The predicted molar refractivity (Wildman–Crippen MR) is 122 cm³/mol. The van der Waals surface area contributed by atoms with Crippen LogP contribution in [-0.2, 0) is 17.1 Å². The normalized spacial score (nSPS) is 17.5. The van der Waals surface area contributed by atoms with Crippen LogP contribution in [0.5, 0.6) is 5.75 Å². The highest BCUT2D eigenvalue weighted by Gasteiger charge is 2.25. The summed E-state index contributed by atoms with van der Waals surface area (Å²) in [6.07, 6.45) is 2.87. The van der Waals surface area contributed by atoms with Crippen molar-refractivity contribution in [1.29, 1.82) is 0 Å². The fourth-order valence-electron chi connectivity index (χ4n) is 3.45. The third kappa shape index (κ3) is 6.47. The van der Waals surface area contributed by atoms with Gasteiger partial charge in [0.05, 0.1) is 6.61 Å². The van der Waals surface area contributed by atoms with Gasteiger partial charge in [-0.1, -0.05) is 68.8 Å². The zero-order valence-electron chi connectivity index (χ0n) is 17.9. The molecule has 4 nitrogen and oxygen atoms in total. The van der Waals surface area contributed by atoms with E-state index in [0.29, 0.717) is 29.2 Å². The Bertz CT molecular complexity index is 858. The minimum absolute atomic E-state index is 0.185. The van der Waals surface area contributed by atoms with Crippen molar-refractivity contribution >= 4 is 16.9 Å². The van der Waals surface area contributed by atoms with E-state index in [9.17, 15) is 4.39 Å². The number of nitrogens with two attached hydrogens (primary N) is 1. The Kier molecular flexibility index (Phi) is 8.16. The summed E-state index contributed by atoms with van der Waals surface area (Å²) in [6.45, 7) is 6.85. The minimum atomic E-state index is -0.500. The maximum atomic E-state index is 14.1. The molecule has 0 radical (unpaired) electrons. The Hall–Kier alpha value is -2.05. The molecule has 0 spiro atoms. The number of amidine groups is 1. The van der Waals surface area contributed by atoms with Crippen molar-refractivity contribution in [1.82, 2.24) is 0 Å². The topological polar surface area (TPSA) is 56.8 Å². The smallest absolute Gasteiger partial charge is 0.227 e. The number of halogens is 1. The van der Waals surface area contributed by atoms with Crippen molar-refractivity contribution in [2.75, 3.05) is 0 Å². The first-order valence-corrected chi connectivity index (χ1v) is 11.5. The maximum absolute atomic E-state index is 14.1. The number of fused-ring (bicyclic) bond motifs is 1. The van der Waals surface area contributed by atoms with Crippen molar-refractivity contribution in [2.24, 2.45) is 16.6 Å². The van der Waals surface area contributed by atoms with E-state index in [-0.39, 0.29) is 11.9 Å². The summed E-state index contributed by atoms with van der Waals surface area (Å²) < 4.78 is 26.0. The monoisotopic (exact) mass is 430 g/mol. The Morgan fingerprint density at radius 2 is 1.97 bits per heavy atom. The molecule has 30 heavy (non-hydrogen) atoms. The quantitative estimate of drug-likeness (QED) is 0.400. The zero-order valence-corrected chi connectivity index (χ0v) is 18.8. The van der Waals surface area contributed by atoms with Crippen molar-refractivity contribution in [3.8, 4) is 5.75 Å². The lowest BCUT2D eigenvalue weighted by Gasteiger charge is -2.28. The molecule has 1 heterocycles. The van der Waals surface area contributed by atoms with Crippen LogP contribution in [0.25, 0.3) is 0 Å². The summed E-state index contributed by atoms with van der Waals surface area (Å²) in [5.41, 5.74) is 8.56. The molecule has 0 saturated heterocycles. The van der Waals surface area contributed by atoms with Crippen LogP contribution < -0.4 is 10.5 Å². The SMILES string of the molecule is CC(C)CCC[C@@H](C)N=C(N)SCc1cc(F)cc2c1O[C@@H](c1ccccc1)OC2. The Morgan fingerprint density at radius 1 is 1.20 bits per heavy atom. The first-order chi connectivity index (χ1) is 14.4. The van der Waals surface area contributed by atoms with Gasteiger partial charge < -0.3 is 15.2 Å². The molecule has 1 aliphatic heterocycles. The summed E-state index contributed by atoms with van der Waals surface area (Å²) in [4.78, 5) is 4.58. The lowest BCUT2D eigenvalue weighted by atomic mass is 10.0. The molecule has 1 aliphatic rings. The molecule has 0 saturated carbocycles. The summed E-state index contributed by atoms with van der Waals surface area (Å²) in [6, 6.07) is 12.9. The molecule has 0 amide bonds. The number of hydrogen-bond donors (Lipinski definition) is 1. The van der Waals surface area contributed by atoms with E-state index < -0.39 is 6.29 Å². The van der Waals surface area contributed by atoms with Crippen LogP contribution in [0.15, 0.2) is 47.5 Å². The first kappa shape index (κ1) is 22.6. The van der Waals surface area contributed by atoms with Gasteiger partial charge in [0.2, 0.25) is 6.29 Å². The van der Waals surface area contributed by atoms with Gasteiger partial charge in [0.1, 0.15) is 11.6 Å². The summed E-state index contributed by atoms with van der Waals surface area (Å²) in [5, 5.41) is 0.525. The summed E-state index contributed by atoms with van der Waals surface area (Å²) in [5.74, 6) is 1.58. The van der Waals surface area contributed by atoms with Crippen LogP contribution in [0.1, 0.15) is 63.0 Å². The van der Waals surface area contributed by atoms with Crippen molar-refractivity contribution in [3.63, 3.8) is 0 Å². The summed E-state index contributed by atoms with van der Waals surface area (Å²) in [7, 11) is 0. The fraction of sp³-hybridized carbons (Fsp3) is 0.458. The average molecular weight is 431 g/mol. The van der Waals surface area contributed by atoms with Crippen LogP contribution in [0.2, 0.25) is 0 Å². The van der Waals surface area contributed by atoms with Crippen LogP contribution in [-0.4, -0.2) is 11.2 Å². The third-order valence-electron chi connectivity index (χ3n) is 5.02. The van der Waals surface area contributed by atoms with Gasteiger partial charge in [-0.25, -0.2) is 4.39 Å². The number of thioether (sulfide) groups is 1. The standard InChI is InChI=1S/C24H31FN2O2S/c1-16(2)8-7-9-17(3)27-24(26)30-15-20-13-21(25)12-19-14-28-23(29-22(19)20)18-10-5-4-6-11-18/h4-6,10-13,16-17,23H,7-9,14-15H2,1-3H3,(H2,26,27)/t17-,23+/m1/s1. The molecule has 6 heteroatoms. The summed E-state index contributed by atoms with van der Waals surface area (Å²) >= 11 is 1.42. The Labute approximate surface area is 183 Å². The Balaban J connectivity index is 1.65. The highest BCUT2D eigenvalue weighted by atomic mass is 32.2. The number of hydrogen-bond acceptors (Lipinski definition) is 4.